The summed E-state index contributed by atoms with van der Waals surface area (Å²) in [4.78, 5) is 15.9. The predicted octanol–water partition coefficient (Wildman–Crippen LogP) is 3.63. The monoisotopic (exact) mass is 321 g/mol. The van der Waals surface area contributed by atoms with Crippen LogP contribution >= 0.6 is 11.6 Å². The topological polar surface area (TPSA) is 61.6 Å². The van der Waals surface area contributed by atoms with E-state index in [1.165, 1.54) is 6.26 Å². The lowest BCUT2D eigenvalue weighted by molar-refractivity contribution is -0.156. The van der Waals surface area contributed by atoms with Crippen molar-refractivity contribution in [3.8, 4) is 11.5 Å². The van der Waals surface area contributed by atoms with Gasteiger partial charge in [-0.15, -0.1) is 6.58 Å². The van der Waals surface area contributed by atoms with Crippen LogP contribution in [-0.4, -0.2) is 23.7 Å². The molecule has 1 heterocycles. The van der Waals surface area contributed by atoms with Gasteiger partial charge in [0.15, 0.2) is 6.10 Å². The number of oxazole rings is 1. The van der Waals surface area contributed by atoms with Crippen molar-refractivity contribution >= 4 is 17.6 Å². The van der Waals surface area contributed by atoms with Crippen molar-refractivity contribution in [3.63, 3.8) is 0 Å². The largest absolute Gasteiger partial charge is 0.457 e. The number of carbonyl (C=O) groups excluding carboxylic acids is 1. The van der Waals surface area contributed by atoms with Gasteiger partial charge in [0, 0.05) is 10.6 Å². The molecule has 116 valence electrons. The molecule has 1 aromatic heterocycles. The molecule has 0 amide bonds. The lowest BCUT2D eigenvalue weighted by atomic mass is 10.2. The first-order valence-electron chi connectivity index (χ1n) is 6.69. The second kappa shape index (κ2) is 7.77. The standard InChI is InChI=1S/C16H16ClNO4/c1-3-7-20-11(2)16(19)22-10-14-9-21-15(18-14)12-5-4-6-13(17)8-12/h3-6,8-9,11H,1,7,10H2,2H3. The Morgan fingerprint density at radius 3 is 3.09 bits per heavy atom. The average Bonchev–Trinajstić information content (AvgIpc) is 2.99. The number of aromatic nitrogens is 1. The van der Waals surface area contributed by atoms with Crippen LogP contribution in [0.4, 0.5) is 0 Å². The Balaban J connectivity index is 1.92. The SMILES string of the molecule is C=CCOC(C)C(=O)OCc1coc(-c2cccc(Cl)c2)n1. The molecule has 0 bridgehead atoms. The molecule has 2 rings (SSSR count). The first-order valence-corrected chi connectivity index (χ1v) is 7.07. The zero-order chi connectivity index (χ0) is 15.9. The molecule has 1 aromatic carbocycles. The van der Waals surface area contributed by atoms with E-state index in [4.69, 9.17) is 25.5 Å². The van der Waals surface area contributed by atoms with Gasteiger partial charge < -0.3 is 13.9 Å². The van der Waals surface area contributed by atoms with Crippen LogP contribution in [0.25, 0.3) is 11.5 Å². The van der Waals surface area contributed by atoms with Crippen molar-refractivity contribution in [2.45, 2.75) is 19.6 Å². The quantitative estimate of drug-likeness (QED) is 0.575. The van der Waals surface area contributed by atoms with Gasteiger partial charge in [0.1, 0.15) is 18.6 Å². The fourth-order valence-electron chi connectivity index (χ4n) is 1.67. The summed E-state index contributed by atoms with van der Waals surface area (Å²) < 4.78 is 15.6. The number of benzene rings is 1. The van der Waals surface area contributed by atoms with Gasteiger partial charge in [-0.25, -0.2) is 9.78 Å². The number of esters is 1. The van der Waals surface area contributed by atoms with Crippen molar-refractivity contribution in [2.75, 3.05) is 6.61 Å². The van der Waals surface area contributed by atoms with Crippen LogP contribution in [0.3, 0.4) is 0 Å². The molecule has 22 heavy (non-hydrogen) atoms. The van der Waals surface area contributed by atoms with E-state index in [-0.39, 0.29) is 6.61 Å². The van der Waals surface area contributed by atoms with Crippen molar-refractivity contribution in [2.24, 2.45) is 0 Å². The molecule has 0 fully saturated rings. The van der Waals surface area contributed by atoms with Gasteiger partial charge in [-0.2, -0.15) is 0 Å². The molecule has 0 N–H and O–H groups in total. The Morgan fingerprint density at radius 1 is 1.55 bits per heavy atom. The van der Waals surface area contributed by atoms with Crippen LogP contribution in [0, 0.1) is 0 Å². The van der Waals surface area contributed by atoms with Crippen LogP contribution in [-0.2, 0) is 20.9 Å². The third-order valence-corrected chi connectivity index (χ3v) is 3.02. The van der Waals surface area contributed by atoms with Crippen LogP contribution in [0.1, 0.15) is 12.6 Å². The minimum atomic E-state index is -0.655. The lowest BCUT2D eigenvalue weighted by Gasteiger charge is -2.10. The first kappa shape index (κ1) is 16.3. The summed E-state index contributed by atoms with van der Waals surface area (Å²) in [5.74, 6) is -0.0429. The van der Waals surface area contributed by atoms with Gasteiger partial charge in [0.2, 0.25) is 5.89 Å². The summed E-state index contributed by atoms with van der Waals surface area (Å²) in [5, 5.41) is 0.594. The van der Waals surface area contributed by atoms with Crippen LogP contribution < -0.4 is 0 Å². The summed E-state index contributed by atoms with van der Waals surface area (Å²) in [6.45, 7) is 5.44. The fraction of sp³-hybridized carbons (Fsp3) is 0.250. The maximum Gasteiger partial charge on any atom is 0.335 e. The van der Waals surface area contributed by atoms with Crippen LogP contribution in [0.15, 0.2) is 47.6 Å². The average molecular weight is 322 g/mol. The molecule has 0 saturated carbocycles. The summed E-state index contributed by atoms with van der Waals surface area (Å²) in [5.41, 5.74) is 1.27. The highest BCUT2D eigenvalue weighted by atomic mass is 35.5. The highest BCUT2D eigenvalue weighted by molar-refractivity contribution is 6.30. The zero-order valence-electron chi connectivity index (χ0n) is 12.1. The van der Waals surface area contributed by atoms with Crippen molar-refractivity contribution in [1.29, 1.82) is 0 Å². The predicted molar refractivity (Wildman–Crippen MR) is 82.4 cm³/mol. The summed E-state index contributed by atoms with van der Waals surface area (Å²) in [7, 11) is 0. The molecule has 1 unspecified atom stereocenters. The van der Waals surface area contributed by atoms with E-state index in [1.807, 2.05) is 6.07 Å². The number of carbonyl (C=O) groups is 1. The Kier molecular flexibility index (Phi) is 5.75. The number of halogens is 1. The fourth-order valence-corrected chi connectivity index (χ4v) is 1.86. The molecule has 1 atom stereocenters. The Hall–Kier alpha value is -2.11. The minimum Gasteiger partial charge on any atom is -0.457 e. The zero-order valence-corrected chi connectivity index (χ0v) is 12.9. The molecular weight excluding hydrogens is 306 g/mol. The Labute approximate surface area is 133 Å². The highest BCUT2D eigenvalue weighted by Gasteiger charge is 2.15. The Bertz CT molecular complexity index is 653. The third kappa shape index (κ3) is 4.44. The van der Waals surface area contributed by atoms with Gasteiger partial charge in [-0.05, 0) is 25.1 Å². The third-order valence-electron chi connectivity index (χ3n) is 2.78. The van der Waals surface area contributed by atoms with E-state index in [9.17, 15) is 4.79 Å². The van der Waals surface area contributed by atoms with E-state index in [0.717, 1.165) is 5.56 Å². The maximum absolute atomic E-state index is 11.7. The second-order valence-electron chi connectivity index (χ2n) is 4.53. The number of ether oxygens (including phenoxy) is 2. The van der Waals surface area contributed by atoms with Crippen molar-refractivity contribution < 1.29 is 18.7 Å². The van der Waals surface area contributed by atoms with E-state index < -0.39 is 12.1 Å². The molecule has 6 heteroatoms. The van der Waals surface area contributed by atoms with E-state index >= 15 is 0 Å². The minimum absolute atomic E-state index is 0.0185. The molecule has 0 radical (unpaired) electrons. The van der Waals surface area contributed by atoms with Gasteiger partial charge in [0.25, 0.3) is 0 Å². The van der Waals surface area contributed by atoms with E-state index in [0.29, 0.717) is 23.2 Å². The van der Waals surface area contributed by atoms with Gasteiger partial charge in [-0.1, -0.05) is 23.7 Å². The Morgan fingerprint density at radius 2 is 2.36 bits per heavy atom. The number of rotatable bonds is 7. The van der Waals surface area contributed by atoms with Crippen LogP contribution in [0.5, 0.6) is 0 Å². The summed E-state index contributed by atoms with van der Waals surface area (Å²) >= 11 is 5.92. The molecule has 0 spiro atoms. The number of nitrogens with zero attached hydrogens (tertiary/aromatic N) is 1. The van der Waals surface area contributed by atoms with Gasteiger partial charge >= 0.3 is 5.97 Å². The number of hydrogen-bond donors (Lipinski definition) is 0. The van der Waals surface area contributed by atoms with Gasteiger partial charge in [0.05, 0.1) is 6.61 Å². The maximum atomic E-state index is 11.7. The van der Waals surface area contributed by atoms with E-state index in [1.54, 1.807) is 31.2 Å². The summed E-state index contributed by atoms with van der Waals surface area (Å²) in [6, 6.07) is 7.15. The lowest BCUT2D eigenvalue weighted by Crippen LogP contribution is -2.23. The highest BCUT2D eigenvalue weighted by Crippen LogP contribution is 2.22. The van der Waals surface area contributed by atoms with Crippen molar-refractivity contribution in [3.05, 3.63) is 53.9 Å². The molecule has 0 aliphatic rings. The molecule has 0 aliphatic carbocycles. The van der Waals surface area contributed by atoms with E-state index in [2.05, 4.69) is 11.6 Å². The molecule has 5 nitrogen and oxygen atoms in total. The normalized spacial score (nSPS) is 11.9. The second-order valence-corrected chi connectivity index (χ2v) is 4.96. The molecular formula is C16H16ClNO4. The number of hydrogen-bond acceptors (Lipinski definition) is 5. The first-order chi connectivity index (χ1) is 10.6. The smallest absolute Gasteiger partial charge is 0.335 e. The molecule has 2 aromatic rings. The summed E-state index contributed by atoms with van der Waals surface area (Å²) in [6.07, 6.45) is 2.36. The van der Waals surface area contributed by atoms with Gasteiger partial charge in [-0.3, -0.25) is 0 Å². The van der Waals surface area contributed by atoms with Crippen molar-refractivity contribution in [1.82, 2.24) is 4.98 Å². The molecule has 0 aliphatic heterocycles. The molecule has 0 saturated heterocycles. The van der Waals surface area contributed by atoms with Crippen LogP contribution in [0.2, 0.25) is 5.02 Å².